The lowest BCUT2D eigenvalue weighted by Gasteiger charge is -2.36. The minimum absolute atomic E-state index is 0.00290. The summed E-state index contributed by atoms with van der Waals surface area (Å²) in [6, 6.07) is 10.5. The Hall–Kier alpha value is -3.07. The minimum Gasteiger partial charge on any atom is -0.467 e. The number of alkyl halides is 3. The molecule has 0 aliphatic heterocycles. The maximum Gasteiger partial charge on any atom is 0.573 e. The van der Waals surface area contributed by atoms with Crippen LogP contribution in [0.2, 0.25) is 23.2 Å². The fourth-order valence-electron chi connectivity index (χ4n) is 3.72. The highest BCUT2D eigenvalue weighted by Gasteiger charge is 2.37. The fraction of sp³-hybridized carbons (Fsp3) is 0.414. The maximum atomic E-state index is 13.7. The highest BCUT2D eigenvalue weighted by atomic mass is 79.9. The van der Waals surface area contributed by atoms with Crippen molar-refractivity contribution in [3.63, 3.8) is 0 Å². The lowest BCUT2D eigenvalue weighted by Crippen LogP contribution is -2.45. The van der Waals surface area contributed by atoms with E-state index in [4.69, 9.17) is 25.5 Å². The van der Waals surface area contributed by atoms with E-state index in [1.54, 1.807) is 24.3 Å². The minimum atomic E-state index is -4.90. The Labute approximate surface area is 268 Å². The lowest BCUT2D eigenvalue weighted by molar-refractivity contribution is -0.274. The second kappa shape index (κ2) is 14.4. The third-order valence-electron chi connectivity index (χ3n) is 7.07. The van der Waals surface area contributed by atoms with Gasteiger partial charge in [-0.1, -0.05) is 50.6 Å². The molecule has 0 spiro atoms. The van der Waals surface area contributed by atoms with E-state index < -0.39 is 38.3 Å². The topological polar surface area (TPSA) is 101 Å². The van der Waals surface area contributed by atoms with E-state index in [-0.39, 0.29) is 46.7 Å². The van der Waals surface area contributed by atoms with E-state index in [2.05, 4.69) is 64.8 Å². The van der Waals surface area contributed by atoms with Crippen LogP contribution in [0.5, 0.6) is 17.5 Å². The lowest BCUT2D eigenvalue weighted by atomic mass is 10.2. The van der Waals surface area contributed by atoms with Gasteiger partial charge in [0.2, 0.25) is 0 Å². The zero-order valence-corrected chi connectivity index (χ0v) is 28.4. The highest BCUT2D eigenvalue weighted by molar-refractivity contribution is 9.10. The van der Waals surface area contributed by atoms with Crippen LogP contribution in [0.4, 0.5) is 13.2 Å². The molecule has 0 bridgehead atoms. The summed E-state index contributed by atoms with van der Waals surface area (Å²) in [4.78, 5) is 30.7. The molecule has 1 amide bonds. The van der Waals surface area contributed by atoms with Crippen LogP contribution in [-0.4, -0.2) is 55.9 Å². The van der Waals surface area contributed by atoms with Gasteiger partial charge in [0.15, 0.2) is 8.32 Å². The summed E-state index contributed by atoms with van der Waals surface area (Å²) >= 11 is 9.34. The van der Waals surface area contributed by atoms with Crippen molar-refractivity contribution in [1.82, 2.24) is 14.9 Å². The van der Waals surface area contributed by atoms with Crippen molar-refractivity contribution in [3.8, 4) is 17.5 Å². The number of carbonyl (C=O) groups is 2. The molecule has 0 saturated carbocycles. The van der Waals surface area contributed by atoms with Gasteiger partial charge in [0.1, 0.15) is 27.8 Å². The number of carbonyl (C=O) groups excluding carboxylic acids is 2. The van der Waals surface area contributed by atoms with Crippen LogP contribution in [-0.2, 0) is 20.5 Å². The molecule has 0 radical (unpaired) electrons. The Balaban J connectivity index is 1.93. The Morgan fingerprint density at radius 1 is 1.09 bits per heavy atom. The van der Waals surface area contributed by atoms with Crippen LogP contribution in [0.15, 0.2) is 53.1 Å². The first kappa shape index (κ1) is 35.4. The maximum absolute atomic E-state index is 13.7. The van der Waals surface area contributed by atoms with Crippen molar-refractivity contribution in [2.45, 2.75) is 64.3 Å². The predicted molar refractivity (Wildman–Crippen MR) is 165 cm³/mol. The van der Waals surface area contributed by atoms with Crippen molar-refractivity contribution >= 4 is 47.7 Å². The Bertz CT molecular complexity index is 1460. The summed E-state index contributed by atoms with van der Waals surface area (Å²) in [5, 5.41) is 3.15. The number of ether oxygens (including phenoxy) is 3. The number of rotatable bonds is 12. The molecule has 1 atom stereocenters. The van der Waals surface area contributed by atoms with E-state index in [1.807, 2.05) is 0 Å². The Morgan fingerprint density at radius 2 is 1.73 bits per heavy atom. The molecule has 1 heterocycles. The van der Waals surface area contributed by atoms with Crippen LogP contribution >= 0.6 is 27.5 Å². The number of methoxy groups -OCH3 is 1. The van der Waals surface area contributed by atoms with E-state index in [0.717, 1.165) is 12.1 Å². The number of benzene rings is 2. The first-order chi connectivity index (χ1) is 20.4. The summed E-state index contributed by atoms with van der Waals surface area (Å²) in [6.45, 7) is 10.7. The van der Waals surface area contributed by atoms with E-state index in [9.17, 15) is 22.8 Å². The quantitative estimate of drug-likeness (QED) is 0.151. The van der Waals surface area contributed by atoms with Gasteiger partial charge in [-0.15, -0.1) is 13.2 Å². The first-order valence-electron chi connectivity index (χ1n) is 13.5. The normalized spacial score (nSPS) is 12.9. The molecule has 0 saturated heterocycles. The number of hydrogen-bond acceptors (Lipinski definition) is 7. The number of nitrogens with zero attached hydrogens (tertiary/aromatic N) is 2. The molecule has 1 N–H and O–H groups in total. The van der Waals surface area contributed by atoms with E-state index in [0.29, 0.717) is 10.6 Å². The number of amides is 1. The van der Waals surface area contributed by atoms with Gasteiger partial charge in [0, 0.05) is 24.1 Å². The summed E-state index contributed by atoms with van der Waals surface area (Å²) in [5.41, 5.74) is 0.705. The Kier molecular flexibility index (Phi) is 11.5. The smallest absolute Gasteiger partial charge is 0.467 e. The van der Waals surface area contributed by atoms with Crippen molar-refractivity contribution < 1.29 is 41.4 Å². The molecule has 0 aliphatic carbocycles. The van der Waals surface area contributed by atoms with Crippen LogP contribution in [0.1, 0.15) is 43.2 Å². The van der Waals surface area contributed by atoms with Gasteiger partial charge in [-0.2, -0.15) is 4.98 Å². The number of aromatic nitrogens is 2. The molecule has 1 unspecified atom stereocenters. The molecule has 15 heteroatoms. The number of esters is 1. The summed E-state index contributed by atoms with van der Waals surface area (Å²) in [7, 11) is -0.899. The molecule has 44 heavy (non-hydrogen) atoms. The molecule has 2 aromatic carbocycles. The largest absolute Gasteiger partial charge is 0.573 e. The summed E-state index contributed by atoms with van der Waals surface area (Å²) in [6.07, 6.45) is -4.74. The van der Waals surface area contributed by atoms with Gasteiger partial charge in [-0.3, -0.25) is 9.36 Å². The van der Waals surface area contributed by atoms with Gasteiger partial charge in [-0.05, 0) is 63.9 Å². The summed E-state index contributed by atoms with van der Waals surface area (Å²) in [5.74, 6) is -1.85. The van der Waals surface area contributed by atoms with Gasteiger partial charge >= 0.3 is 18.3 Å². The van der Waals surface area contributed by atoms with Gasteiger partial charge < -0.3 is 24.0 Å². The SMILES string of the molecule is COC(=O)C(CCO[Si](C)(C)C(C)(C)C)NC(=O)c1c(Br)nc(Oc2cccc(OC(F)(F)F)c2)n1Cc1ccc(Cl)cc1. The van der Waals surface area contributed by atoms with Crippen LogP contribution in [0, 0.1) is 0 Å². The molecule has 9 nitrogen and oxygen atoms in total. The predicted octanol–water partition coefficient (Wildman–Crippen LogP) is 7.72. The van der Waals surface area contributed by atoms with Crippen molar-refractivity contribution in [1.29, 1.82) is 0 Å². The standard InChI is InChI=1S/C29H34BrClF3N3O6Si/c1-28(2,3)44(5,6)41-15-14-22(26(39)40-4)35-25(38)23-24(30)36-27(37(23)17-18-10-12-19(31)13-11-18)42-20-8-7-9-21(16-20)43-29(32,33)34/h7-13,16,22H,14-15,17H2,1-6H3,(H,35,38). The third kappa shape index (κ3) is 9.71. The monoisotopic (exact) mass is 719 g/mol. The molecular formula is C29H34BrClF3N3O6Si. The fourth-order valence-corrected chi connectivity index (χ4v) is 5.46. The zero-order valence-electron chi connectivity index (χ0n) is 25.1. The van der Waals surface area contributed by atoms with Crippen LogP contribution in [0.3, 0.4) is 0 Å². The summed E-state index contributed by atoms with van der Waals surface area (Å²) < 4.78 is 60.8. The van der Waals surface area contributed by atoms with Crippen molar-refractivity contribution in [2.75, 3.05) is 13.7 Å². The van der Waals surface area contributed by atoms with E-state index in [1.165, 1.54) is 23.8 Å². The van der Waals surface area contributed by atoms with Crippen LogP contribution < -0.4 is 14.8 Å². The van der Waals surface area contributed by atoms with Gasteiger partial charge in [0.05, 0.1) is 13.7 Å². The van der Waals surface area contributed by atoms with E-state index >= 15 is 0 Å². The molecule has 3 aromatic rings. The number of halogens is 5. The molecule has 0 fully saturated rings. The molecule has 1 aromatic heterocycles. The highest BCUT2D eigenvalue weighted by Crippen LogP contribution is 2.37. The molecular weight excluding hydrogens is 687 g/mol. The number of nitrogens with one attached hydrogen (secondary N) is 1. The first-order valence-corrected chi connectivity index (χ1v) is 17.5. The van der Waals surface area contributed by atoms with Crippen molar-refractivity contribution in [3.05, 3.63) is 69.4 Å². The second-order valence-electron chi connectivity index (χ2n) is 11.3. The number of hydrogen-bond donors (Lipinski definition) is 1. The molecule has 0 aliphatic rings. The number of imidazole rings is 1. The van der Waals surface area contributed by atoms with Gasteiger partial charge in [-0.25, -0.2) is 4.79 Å². The Morgan fingerprint density at radius 3 is 2.32 bits per heavy atom. The molecule has 3 rings (SSSR count). The van der Waals surface area contributed by atoms with Gasteiger partial charge in [0.25, 0.3) is 5.91 Å². The zero-order chi connectivity index (χ0) is 32.9. The third-order valence-corrected chi connectivity index (χ3v) is 12.4. The average molecular weight is 721 g/mol. The molecule has 240 valence electrons. The van der Waals surface area contributed by atoms with Crippen LogP contribution in [0.25, 0.3) is 0 Å². The average Bonchev–Trinajstić information content (AvgIpc) is 3.21. The van der Waals surface area contributed by atoms with Crippen molar-refractivity contribution in [2.24, 2.45) is 0 Å². The second-order valence-corrected chi connectivity index (χ2v) is 17.3.